The van der Waals surface area contributed by atoms with Crippen molar-refractivity contribution in [3.63, 3.8) is 0 Å². The second-order valence-corrected chi connectivity index (χ2v) is 7.15. The molecule has 0 atom stereocenters. The number of nitrogens with zero attached hydrogens (tertiary/aromatic N) is 2. The predicted molar refractivity (Wildman–Crippen MR) is 98.6 cm³/mol. The van der Waals surface area contributed by atoms with Gasteiger partial charge in [-0.2, -0.15) is 0 Å². The van der Waals surface area contributed by atoms with E-state index in [0.29, 0.717) is 18.1 Å². The minimum absolute atomic E-state index is 0.116. The molecule has 2 aromatic carbocycles. The van der Waals surface area contributed by atoms with Crippen LogP contribution in [0.2, 0.25) is 0 Å². The number of rotatable bonds is 5. The molecule has 1 saturated heterocycles. The van der Waals surface area contributed by atoms with E-state index in [1.807, 2.05) is 47.4 Å². The molecule has 0 aromatic heterocycles. The number of carbonyl (C=O) groups is 2. The van der Waals surface area contributed by atoms with Crippen LogP contribution >= 0.6 is 0 Å². The first-order chi connectivity index (χ1) is 12.2. The molecule has 1 heterocycles. The summed E-state index contributed by atoms with van der Waals surface area (Å²) in [6.45, 7) is 4.02. The molecule has 1 aliphatic heterocycles. The fourth-order valence-corrected chi connectivity index (χ4v) is 3.63. The van der Waals surface area contributed by atoms with Crippen LogP contribution < -0.4 is 0 Å². The molecule has 4 heteroatoms. The third-order valence-corrected chi connectivity index (χ3v) is 5.39. The molecule has 4 nitrogen and oxygen atoms in total. The average molecular weight is 336 g/mol. The van der Waals surface area contributed by atoms with E-state index in [9.17, 15) is 9.59 Å². The molecule has 0 N–H and O–H groups in total. The number of hydrogen-bond acceptors (Lipinski definition) is 3. The monoisotopic (exact) mass is 336 g/mol. The number of ketones is 1. The third-order valence-electron chi connectivity index (χ3n) is 5.39. The van der Waals surface area contributed by atoms with Crippen molar-refractivity contribution in [2.45, 2.75) is 19.3 Å². The molecule has 0 spiro atoms. The first-order valence-corrected chi connectivity index (χ1v) is 9.24. The van der Waals surface area contributed by atoms with Gasteiger partial charge in [0.15, 0.2) is 0 Å². The van der Waals surface area contributed by atoms with Crippen molar-refractivity contribution >= 4 is 22.5 Å². The number of carbonyl (C=O) groups excluding carboxylic acids is 2. The van der Waals surface area contributed by atoms with Crippen LogP contribution in [0.3, 0.4) is 0 Å². The van der Waals surface area contributed by atoms with Gasteiger partial charge in [-0.15, -0.1) is 0 Å². The van der Waals surface area contributed by atoms with Gasteiger partial charge in [-0.3, -0.25) is 14.5 Å². The van der Waals surface area contributed by atoms with Crippen molar-refractivity contribution in [1.82, 2.24) is 9.80 Å². The third kappa shape index (κ3) is 3.59. The molecular formula is C21H24N2O2. The first-order valence-electron chi connectivity index (χ1n) is 9.24. The Bertz CT molecular complexity index is 784. The highest BCUT2D eigenvalue weighted by molar-refractivity contribution is 6.07. The van der Waals surface area contributed by atoms with E-state index in [4.69, 9.17) is 0 Å². The summed E-state index contributed by atoms with van der Waals surface area (Å²) < 4.78 is 0. The second-order valence-electron chi connectivity index (χ2n) is 7.15. The van der Waals surface area contributed by atoms with Crippen LogP contribution in [-0.2, 0) is 4.79 Å². The van der Waals surface area contributed by atoms with Gasteiger partial charge >= 0.3 is 0 Å². The van der Waals surface area contributed by atoms with Gasteiger partial charge in [0.2, 0.25) is 0 Å². The maximum absolute atomic E-state index is 12.9. The Kier molecular flexibility index (Phi) is 4.53. The van der Waals surface area contributed by atoms with Crippen molar-refractivity contribution in [2.75, 3.05) is 32.7 Å². The van der Waals surface area contributed by atoms with Crippen LogP contribution in [0.1, 0.15) is 29.6 Å². The molecule has 4 rings (SSSR count). The summed E-state index contributed by atoms with van der Waals surface area (Å²) in [7, 11) is 0. The minimum atomic E-state index is 0.116. The molecule has 0 bridgehead atoms. The highest BCUT2D eigenvalue weighted by atomic mass is 16.2. The zero-order valence-electron chi connectivity index (χ0n) is 14.5. The summed E-state index contributed by atoms with van der Waals surface area (Å²) >= 11 is 0. The lowest BCUT2D eigenvalue weighted by molar-refractivity contribution is -0.120. The lowest BCUT2D eigenvalue weighted by atomic mass is 10.0. The Labute approximate surface area is 148 Å². The van der Waals surface area contributed by atoms with Gasteiger partial charge in [0.25, 0.3) is 5.91 Å². The maximum Gasteiger partial charge on any atom is 0.254 e. The van der Waals surface area contributed by atoms with E-state index in [1.165, 1.54) is 0 Å². The van der Waals surface area contributed by atoms with Crippen LogP contribution in [0, 0.1) is 5.92 Å². The molecule has 1 amide bonds. The normalized spacial score (nSPS) is 18.5. The van der Waals surface area contributed by atoms with Gasteiger partial charge in [-0.05, 0) is 29.7 Å². The average Bonchev–Trinajstić information content (AvgIpc) is 3.51. The molecule has 2 aliphatic rings. The van der Waals surface area contributed by atoms with Crippen LogP contribution in [0.25, 0.3) is 10.8 Å². The van der Waals surface area contributed by atoms with Crippen LogP contribution in [0.4, 0.5) is 0 Å². The fraction of sp³-hybridized carbons (Fsp3) is 0.429. The summed E-state index contributed by atoms with van der Waals surface area (Å²) in [4.78, 5) is 29.0. The Hall–Kier alpha value is -2.20. The molecule has 0 unspecified atom stereocenters. The van der Waals surface area contributed by atoms with Gasteiger partial charge < -0.3 is 4.90 Å². The fourth-order valence-electron chi connectivity index (χ4n) is 3.63. The Morgan fingerprint density at radius 2 is 1.64 bits per heavy atom. The Morgan fingerprint density at radius 3 is 2.40 bits per heavy atom. The number of benzene rings is 2. The number of amides is 1. The summed E-state index contributed by atoms with van der Waals surface area (Å²) in [6, 6.07) is 14.0. The molecule has 1 saturated carbocycles. The topological polar surface area (TPSA) is 40.6 Å². The lowest BCUT2D eigenvalue weighted by Crippen LogP contribution is -2.49. The van der Waals surface area contributed by atoms with Gasteiger partial charge in [0.05, 0.1) is 0 Å². The van der Waals surface area contributed by atoms with Crippen molar-refractivity contribution in [2.24, 2.45) is 5.92 Å². The first kappa shape index (κ1) is 16.3. The summed E-state index contributed by atoms with van der Waals surface area (Å²) in [5, 5.41) is 2.12. The van der Waals surface area contributed by atoms with Crippen molar-refractivity contribution in [1.29, 1.82) is 0 Å². The van der Waals surface area contributed by atoms with E-state index in [0.717, 1.165) is 61.9 Å². The summed E-state index contributed by atoms with van der Waals surface area (Å²) in [5.41, 5.74) is 0.787. The minimum Gasteiger partial charge on any atom is -0.336 e. The molecule has 25 heavy (non-hydrogen) atoms. The molecule has 2 fully saturated rings. The predicted octanol–water partition coefficient (Wildman–Crippen LogP) is 2.97. The lowest BCUT2D eigenvalue weighted by Gasteiger charge is -2.34. The number of hydrogen-bond donors (Lipinski definition) is 0. The Morgan fingerprint density at radius 1 is 0.920 bits per heavy atom. The van der Waals surface area contributed by atoms with Crippen molar-refractivity contribution in [3.05, 3.63) is 48.0 Å². The molecule has 130 valence electrons. The smallest absolute Gasteiger partial charge is 0.254 e. The number of Topliss-reactive ketones (excluding diaryl/α,β-unsaturated/α-hetero) is 1. The van der Waals surface area contributed by atoms with Crippen LogP contribution in [-0.4, -0.2) is 54.2 Å². The standard InChI is InChI=1S/C21H24N2O2/c24-20(17-8-9-17)10-11-22-12-14-23(15-13-22)21(25)19-7-3-5-16-4-1-2-6-18(16)19/h1-7,17H,8-15H2. The van der Waals surface area contributed by atoms with E-state index in [1.54, 1.807) is 0 Å². The number of piperazine rings is 1. The largest absolute Gasteiger partial charge is 0.336 e. The molecular weight excluding hydrogens is 312 g/mol. The van der Waals surface area contributed by atoms with Crippen LogP contribution in [0.5, 0.6) is 0 Å². The summed E-state index contributed by atoms with van der Waals surface area (Å²) in [6.07, 6.45) is 2.85. The maximum atomic E-state index is 12.9. The van der Waals surface area contributed by atoms with E-state index >= 15 is 0 Å². The van der Waals surface area contributed by atoms with Gasteiger partial charge in [-0.1, -0.05) is 36.4 Å². The van der Waals surface area contributed by atoms with Crippen LogP contribution in [0.15, 0.2) is 42.5 Å². The zero-order valence-corrected chi connectivity index (χ0v) is 14.5. The Balaban J connectivity index is 1.36. The SMILES string of the molecule is O=C(CCN1CCN(C(=O)c2cccc3ccccc23)CC1)C1CC1. The quantitative estimate of drug-likeness (QED) is 0.843. The van der Waals surface area contributed by atoms with E-state index in [-0.39, 0.29) is 5.91 Å². The van der Waals surface area contributed by atoms with E-state index < -0.39 is 0 Å². The van der Waals surface area contributed by atoms with Gasteiger partial charge in [0, 0.05) is 50.6 Å². The molecule has 1 aliphatic carbocycles. The molecule has 2 aromatic rings. The van der Waals surface area contributed by atoms with Gasteiger partial charge in [0.1, 0.15) is 5.78 Å². The highest BCUT2D eigenvalue weighted by Crippen LogP contribution is 2.30. The second kappa shape index (κ2) is 6.96. The van der Waals surface area contributed by atoms with E-state index in [2.05, 4.69) is 4.90 Å². The zero-order chi connectivity index (χ0) is 17.2. The molecule has 0 radical (unpaired) electrons. The summed E-state index contributed by atoms with van der Waals surface area (Å²) in [5.74, 6) is 0.897. The highest BCUT2D eigenvalue weighted by Gasteiger charge is 2.30. The van der Waals surface area contributed by atoms with Gasteiger partial charge in [-0.25, -0.2) is 0 Å². The van der Waals surface area contributed by atoms with Crippen molar-refractivity contribution < 1.29 is 9.59 Å². The van der Waals surface area contributed by atoms with Crippen molar-refractivity contribution in [3.8, 4) is 0 Å². The number of fused-ring (bicyclic) bond motifs is 1.